The van der Waals surface area contributed by atoms with E-state index in [-0.39, 0.29) is 5.78 Å². The van der Waals surface area contributed by atoms with Crippen molar-refractivity contribution in [2.45, 2.75) is 25.2 Å². The molecule has 2 aromatic rings. The molecule has 0 heterocycles. The summed E-state index contributed by atoms with van der Waals surface area (Å²) in [5.74, 6) is 0.136. The van der Waals surface area contributed by atoms with Crippen LogP contribution in [0, 0.1) is 5.41 Å². The van der Waals surface area contributed by atoms with Crippen LogP contribution in [-0.2, 0) is 4.79 Å². The van der Waals surface area contributed by atoms with Gasteiger partial charge in [-0.2, -0.15) is 0 Å². The summed E-state index contributed by atoms with van der Waals surface area (Å²) in [5, 5.41) is 2.19. The molecule has 0 unspecified atom stereocenters. The molecule has 0 radical (unpaired) electrons. The summed E-state index contributed by atoms with van der Waals surface area (Å²) < 4.78 is 1.27. The number of halogens is 2. The zero-order valence-electron chi connectivity index (χ0n) is 11.8. The standard InChI is InChI=1S/C16H18Cl2OTe/c1-16(2,3)15(19)11-20(17,18)14-10-6-8-12-7-4-5-9-13(12)14/h4-10H,11H2,1-3H3. The molecule has 20 heavy (non-hydrogen) atoms. The molecular weight excluding hydrogens is 407 g/mol. The number of Topliss-reactive ketones (excluding diaryl/α,β-unsaturated/α-hetero) is 1. The molecule has 2 aromatic carbocycles. The number of rotatable bonds is 3. The molecule has 0 aliphatic carbocycles. The van der Waals surface area contributed by atoms with Crippen LogP contribution in [0.25, 0.3) is 10.8 Å². The van der Waals surface area contributed by atoms with Crippen molar-refractivity contribution < 1.29 is 4.79 Å². The summed E-state index contributed by atoms with van der Waals surface area (Å²) in [5.41, 5.74) is -0.397. The average molecular weight is 425 g/mol. The third-order valence-corrected chi connectivity index (χ3v) is 11.6. The minimum atomic E-state index is -3.42. The van der Waals surface area contributed by atoms with Crippen LogP contribution in [0.15, 0.2) is 42.5 Å². The van der Waals surface area contributed by atoms with Crippen LogP contribution in [0.4, 0.5) is 0 Å². The van der Waals surface area contributed by atoms with E-state index < -0.39 is 21.4 Å². The van der Waals surface area contributed by atoms with Gasteiger partial charge in [-0.05, 0) is 0 Å². The monoisotopic (exact) mass is 426 g/mol. The van der Waals surface area contributed by atoms with E-state index in [1.807, 2.05) is 63.2 Å². The summed E-state index contributed by atoms with van der Waals surface area (Å²) in [6.07, 6.45) is 0. The Morgan fingerprint density at radius 3 is 2.30 bits per heavy atom. The molecule has 0 N–H and O–H groups in total. The van der Waals surface area contributed by atoms with Gasteiger partial charge in [0, 0.05) is 0 Å². The van der Waals surface area contributed by atoms with Gasteiger partial charge >= 0.3 is 132 Å². The molecule has 0 bridgehead atoms. The summed E-state index contributed by atoms with van der Waals surface area (Å²) >= 11 is -3.42. The van der Waals surface area contributed by atoms with Crippen molar-refractivity contribution in [3.05, 3.63) is 42.5 Å². The van der Waals surface area contributed by atoms with Crippen LogP contribution in [0.1, 0.15) is 20.8 Å². The van der Waals surface area contributed by atoms with Crippen molar-refractivity contribution in [1.82, 2.24) is 0 Å². The third-order valence-electron chi connectivity index (χ3n) is 3.22. The molecule has 0 spiro atoms. The second-order valence-corrected chi connectivity index (χ2v) is 19.4. The van der Waals surface area contributed by atoms with Gasteiger partial charge in [0.2, 0.25) is 0 Å². The van der Waals surface area contributed by atoms with Gasteiger partial charge in [-0.1, -0.05) is 0 Å². The van der Waals surface area contributed by atoms with E-state index >= 15 is 0 Å². The van der Waals surface area contributed by atoms with E-state index in [2.05, 4.69) is 0 Å². The molecule has 0 saturated carbocycles. The first kappa shape index (κ1) is 16.1. The van der Waals surface area contributed by atoms with Gasteiger partial charge in [0.05, 0.1) is 0 Å². The predicted molar refractivity (Wildman–Crippen MR) is 90.3 cm³/mol. The SMILES string of the molecule is CC(C)(C)C(=O)C[Te](Cl)(Cl)c1cccc2ccccc12. The zero-order valence-corrected chi connectivity index (χ0v) is 15.7. The van der Waals surface area contributed by atoms with Gasteiger partial charge in [0.15, 0.2) is 0 Å². The Labute approximate surface area is 131 Å². The van der Waals surface area contributed by atoms with Crippen LogP contribution < -0.4 is 3.61 Å². The predicted octanol–water partition coefficient (Wildman–Crippen LogP) is 4.58. The van der Waals surface area contributed by atoms with E-state index in [0.717, 1.165) is 14.4 Å². The van der Waals surface area contributed by atoms with Gasteiger partial charge in [0.1, 0.15) is 0 Å². The molecular formula is C16H18Cl2OTe. The number of ketones is 1. The Morgan fingerprint density at radius 1 is 1.05 bits per heavy atom. The van der Waals surface area contributed by atoms with Gasteiger partial charge in [-0.15, -0.1) is 0 Å². The first-order chi connectivity index (χ1) is 9.22. The third kappa shape index (κ3) is 3.49. The maximum atomic E-state index is 12.3. The fourth-order valence-corrected chi connectivity index (χ4v) is 9.91. The topological polar surface area (TPSA) is 17.1 Å². The van der Waals surface area contributed by atoms with Crippen LogP contribution in [0.3, 0.4) is 0 Å². The van der Waals surface area contributed by atoms with Crippen LogP contribution in [-0.4, -0.2) is 21.7 Å². The second-order valence-electron chi connectivity index (χ2n) is 5.87. The van der Waals surface area contributed by atoms with E-state index in [1.54, 1.807) is 0 Å². The Morgan fingerprint density at radius 2 is 1.65 bits per heavy atom. The fraction of sp³-hybridized carbons (Fsp3) is 0.312. The summed E-state index contributed by atoms with van der Waals surface area (Å²) in [4.78, 5) is 12.3. The van der Waals surface area contributed by atoms with Crippen molar-refractivity contribution in [3.8, 4) is 0 Å². The summed E-state index contributed by atoms with van der Waals surface area (Å²) in [6, 6.07) is 14.0. The Kier molecular flexibility index (Phi) is 4.72. The van der Waals surface area contributed by atoms with E-state index in [4.69, 9.17) is 17.9 Å². The molecule has 0 saturated heterocycles. The Balaban J connectivity index is 2.44. The summed E-state index contributed by atoms with van der Waals surface area (Å²) in [7, 11) is 13.4. The van der Waals surface area contributed by atoms with E-state index in [1.165, 1.54) is 0 Å². The molecule has 0 amide bonds. The number of carbonyl (C=O) groups is 1. The van der Waals surface area contributed by atoms with E-state index in [0.29, 0.717) is 4.47 Å². The van der Waals surface area contributed by atoms with Crippen LogP contribution >= 0.6 is 17.9 Å². The molecule has 1 nitrogen and oxygen atoms in total. The minimum absolute atomic E-state index is 0.136. The van der Waals surface area contributed by atoms with Crippen molar-refractivity contribution in [2.24, 2.45) is 5.41 Å². The first-order valence-electron chi connectivity index (χ1n) is 6.43. The van der Waals surface area contributed by atoms with E-state index in [9.17, 15) is 4.79 Å². The molecule has 4 heteroatoms. The van der Waals surface area contributed by atoms with Crippen molar-refractivity contribution in [3.63, 3.8) is 0 Å². The van der Waals surface area contributed by atoms with Gasteiger partial charge in [-0.25, -0.2) is 0 Å². The molecule has 2 rings (SSSR count). The van der Waals surface area contributed by atoms with Crippen molar-refractivity contribution >= 4 is 54.0 Å². The molecule has 0 aliphatic heterocycles. The number of benzene rings is 2. The number of hydrogen-bond donors (Lipinski definition) is 0. The normalized spacial score (nSPS) is 13.4. The number of hydrogen-bond acceptors (Lipinski definition) is 1. The van der Waals surface area contributed by atoms with Gasteiger partial charge in [0.25, 0.3) is 0 Å². The van der Waals surface area contributed by atoms with Crippen molar-refractivity contribution in [2.75, 3.05) is 0 Å². The Bertz CT molecular complexity index is 639. The maximum absolute atomic E-state index is 12.3. The second kappa shape index (κ2) is 5.85. The van der Waals surface area contributed by atoms with Gasteiger partial charge < -0.3 is 0 Å². The fourth-order valence-electron chi connectivity index (χ4n) is 1.92. The summed E-state index contributed by atoms with van der Waals surface area (Å²) in [6.45, 7) is 5.72. The van der Waals surface area contributed by atoms with Crippen LogP contribution in [0.2, 0.25) is 4.47 Å². The molecule has 0 atom stereocenters. The molecule has 0 aromatic heterocycles. The van der Waals surface area contributed by atoms with Crippen molar-refractivity contribution in [1.29, 1.82) is 0 Å². The number of fused-ring (bicyclic) bond motifs is 1. The number of carbonyl (C=O) groups excluding carboxylic acids is 1. The average Bonchev–Trinajstić information content (AvgIpc) is 2.36. The first-order valence-corrected chi connectivity index (χ1v) is 15.1. The van der Waals surface area contributed by atoms with Crippen LogP contribution in [0.5, 0.6) is 0 Å². The Hall–Kier alpha value is -0.260. The molecule has 108 valence electrons. The molecule has 0 aliphatic rings. The van der Waals surface area contributed by atoms with Gasteiger partial charge in [-0.3, -0.25) is 0 Å². The quantitative estimate of drug-likeness (QED) is 0.659. The zero-order chi connectivity index (χ0) is 15.0. The molecule has 0 fully saturated rings.